The molecule has 20 heavy (non-hydrogen) atoms. The van der Waals surface area contributed by atoms with E-state index in [1.165, 1.54) is 0 Å². The minimum absolute atomic E-state index is 0.149. The molecule has 0 bridgehead atoms. The van der Waals surface area contributed by atoms with Gasteiger partial charge in [-0.25, -0.2) is 4.68 Å². The molecule has 4 nitrogen and oxygen atoms in total. The van der Waals surface area contributed by atoms with Crippen LogP contribution in [0.3, 0.4) is 0 Å². The lowest BCUT2D eigenvalue weighted by molar-refractivity contribution is 0.512. The lowest BCUT2D eigenvalue weighted by Crippen LogP contribution is -2.22. The maximum Gasteiger partial charge on any atom is 0.294 e. The van der Waals surface area contributed by atoms with Gasteiger partial charge in [0.1, 0.15) is 5.69 Å². The van der Waals surface area contributed by atoms with E-state index < -0.39 is 0 Å². The van der Waals surface area contributed by atoms with Crippen LogP contribution >= 0.6 is 11.6 Å². The monoisotopic (exact) mass is 293 g/mol. The highest BCUT2D eigenvalue weighted by Gasteiger charge is 2.17. The van der Waals surface area contributed by atoms with Gasteiger partial charge in [0, 0.05) is 11.6 Å². The number of hydrogen-bond donors (Lipinski definition) is 1. The molecular weight excluding hydrogens is 274 g/mol. The number of nitrogen functional groups attached to an aromatic ring is 1. The number of hydrogen-bond acceptors (Lipinski definition) is 2. The maximum atomic E-state index is 12.4. The minimum atomic E-state index is -0.149. The van der Waals surface area contributed by atoms with Gasteiger partial charge in [0.25, 0.3) is 5.56 Å². The third-order valence-corrected chi connectivity index (χ3v) is 3.53. The summed E-state index contributed by atoms with van der Waals surface area (Å²) in [6, 6.07) is 7.24. The van der Waals surface area contributed by atoms with Crippen LogP contribution in [-0.4, -0.2) is 9.36 Å². The summed E-state index contributed by atoms with van der Waals surface area (Å²) in [6.07, 6.45) is 2.71. The number of nitrogens with two attached hydrogens (primary N) is 1. The normalized spacial score (nSPS) is 10.9. The van der Waals surface area contributed by atoms with Crippen molar-refractivity contribution in [3.05, 3.63) is 45.3 Å². The van der Waals surface area contributed by atoms with Crippen molar-refractivity contribution in [2.24, 2.45) is 0 Å². The first-order chi connectivity index (χ1) is 9.60. The summed E-state index contributed by atoms with van der Waals surface area (Å²) in [5.74, 6) is 0. The average molecular weight is 294 g/mol. The largest absolute Gasteiger partial charge is 0.393 e. The number of anilines is 1. The van der Waals surface area contributed by atoms with Crippen LogP contribution in [-0.2, 0) is 13.0 Å². The Hall–Kier alpha value is -1.68. The van der Waals surface area contributed by atoms with Crippen LogP contribution < -0.4 is 11.3 Å². The molecule has 0 atom stereocenters. The molecule has 0 spiro atoms. The Bertz CT molecular complexity index is 640. The molecule has 2 rings (SSSR count). The van der Waals surface area contributed by atoms with Crippen molar-refractivity contribution in [1.82, 2.24) is 9.36 Å². The Balaban J connectivity index is 2.64. The summed E-state index contributed by atoms with van der Waals surface area (Å²) in [4.78, 5) is 12.4. The molecule has 0 saturated heterocycles. The van der Waals surface area contributed by atoms with E-state index in [9.17, 15) is 4.79 Å². The lowest BCUT2D eigenvalue weighted by Gasteiger charge is -2.14. The van der Waals surface area contributed by atoms with Crippen molar-refractivity contribution in [2.75, 3.05) is 5.73 Å². The van der Waals surface area contributed by atoms with Gasteiger partial charge in [0.15, 0.2) is 0 Å². The van der Waals surface area contributed by atoms with Crippen LogP contribution in [0.2, 0.25) is 5.02 Å². The molecule has 0 radical (unpaired) electrons. The number of aromatic nitrogens is 2. The van der Waals surface area contributed by atoms with Crippen molar-refractivity contribution in [1.29, 1.82) is 0 Å². The van der Waals surface area contributed by atoms with Crippen molar-refractivity contribution in [3.63, 3.8) is 0 Å². The zero-order valence-electron chi connectivity index (χ0n) is 11.9. The quantitative estimate of drug-likeness (QED) is 0.920. The summed E-state index contributed by atoms with van der Waals surface area (Å²) in [7, 11) is 0. The summed E-state index contributed by atoms with van der Waals surface area (Å²) >= 11 is 5.91. The summed E-state index contributed by atoms with van der Waals surface area (Å²) in [5, 5.41) is 0.650. The molecule has 0 unspecified atom stereocenters. The predicted octanol–water partition coefficient (Wildman–Crippen LogP) is 3.24. The number of benzene rings is 1. The van der Waals surface area contributed by atoms with E-state index in [1.54, 1.807) is 16.8 Å². The third kappa shape index (κ3) is 2.61. The van der Waals surface area contributed by atoms with Gasteiger partial charge in [0.05, 0.1) is 11.4 Å². The molecule has 2 aromatic rings. The van der Waals surface area contributed by atoms with Crippen LogP contribution in [0, 0.1) is 0 Å². The fraction of sp³-hybridized carbons (Fsp3) is 0.400. The van der Waals surface area contributed by atoms with Gasteiger partial charge in [-0.3, -0.25) is 9.48 Å². The van der Waals surface area contributed by atoms with Crippen LogP contribution in [0.25, 0.3) is 5.69 Å². The second-order valence-electron chi connectivity index (χ2n) is 4.83. The number of nitrogens with zero attached hydrogens (tertiary/aromatic N) is 2. The smallest absolute Gasteiger partial charge is 0.294 e. The van der Waals surface area contributed by atoms with Crippen molar-refractivity contribution in [2.45, 2.75) is 39.7 Å². The second-order valence-corrected chi connectivity index (χ2v) is 5.26. The second kappa shape index (κ2) is 6.18. The van der Waals surface area contributed by atoms with E-state index in [0.29, 0.717) is 10.7 Å². The summed E-state index contributed by atoms with van der Waals surface area (Å²) in [5.41, 5.74) is 7.93. The van der Waals surface area contributed by atoms with E-state index in [2.05, 4.69) is 13.8 Å². The van der Waals surface area contributed by atoms with Gasteiger partial charge >= 0.3 is 0 Å². The SMILES string of the molecule is CCCc1c(N)c(=O)n(-c2ccc(Cl)cc2)n1CCC. The first-order valence-electron chi connectivity index (χ1n) is 6.96. The van der Waals surface area contributed by atoms with Crippen LogP contribution in [0.5, 0.6) is 0 Å². The van der Waals surface area contributed by atoms with E-state index in [1.807, 2.05) is 16.8 Å². The van der Waals surface area contributed by atoms with Gasteiger partial charge in [-0.2, -0.15) is 0 Å². The average Bonchev–Trinajstić information content (AvgIpc) is 2.66. The Morgan fingerprint density at radius 3 is 2.35 bits per heavy atom. The van der Waals surface area contributed by atoms with Crippen molar-refractivity contribution >= 4 is 17.3 Å². The molecule has 0 amide bonds. The molecular formula is C15H20ClN3O. The number of halogens is 1. The molecule has 0 fully saturated rings. The fourth-order valence-corrected chi connectivity index (χ4v) is 2.52. The van der Waals surface area contributed by atoms with Crippen molar-refractivity contribution in [3.8, 4) is 5.69 Å². The van der Waals surface area contributed by atoms with Gasteiger partial charge in [-0.15, -0.1) is 0 Å². The topological polar surface area (TPSA) is 53.0 Å². The Morgan fingerprint density at radius 2 is 1.80 bits per heavy atom. The van der Waals surface area contributed by atoms with Crippen LogP contribution in [0.15, 0.2) is 29.1 Å². The zero-order chi connectivity index (χ0) is 14.7. The molecule has 0 saturated carbocycles. The number of rotatable bonds is 5. The predicted molar refractivity (Wildman–Crippen MR) is 83.7 cm³/mol. The molecule has 0 aliphatic heterocycles. The molecule has 0 aliphatic rings. The van der Waals surface area contributed by atoms with E-state index in [0.717, 1.165) is 37.2 Å². The molecule has 1 aromatic carbocycles. The van der Waals surface area contributed by atoms with E-state index in [-0.39, 0.29) is 5.56 Å². The third-order valence-electron chi connectivity index (χ3n) is 3.28. The lowest BCUT2D eigenvalue weighted by atomic mass is 10.2. The standard InChI is InChI=1S/C15H20ClN3O/c1-3-5-13-14(17)15(20)19(18(13)10-4-2)12-8-6-11(16)7-9-12/h6-9H,3-5,10,17H2,1-2H3. The highest BCUT2D eigenvalue weighted by atomic mass is 35.5. The maximum absolute atomic E-state index is 12.4. The van der Waals surface area contributed by atoms with Crippen LogP contribution in [0.4, 0.5) is 5.69 Å². The van der Waals surface area contributed by atoms with E-state index in [4.69, 9.17) is 17.3 Å². The van der Waals surface area contributed by atoms with Gasteiger partial charge < -0.3 is 5.73 Å². The van der Waals surface area contributed by atoms with Crippen LogP contribution in [0.1, 0.15) is 32.4 Å². The first-order valence-corrected chi connectivity index (χ1v) is 7.34. The first kappa shape index (κ1) is 14.7. The minimum Gasteiger partial charge on any atom is -0.393 e. The van der Waals surface area contributed by atoms with Gasteiger partial charge in [-0.1, -0.05) is 31.9 Å². The Morgan fingerprint density at radius 1 is 1.15 bits per heavy atom. The van der Waals surface area contributed by atoms with E-state index >= 15 is 0 Å². The zero-order valence-corrected chi connectivity index (χ0v) is 12.7. The van der Waals surface area contributed by atoms with Gasteiger partial charge in [-0.05, 0) is 37.1 Å². The molecule has 2 N–H and O–H groups in total. The fourth-order valence-electron chi connectivity index (χ4n) is 2.39. The molecule has 108 valence electrons. The highest BCUT2D eigenvalue weighted by molar-refractivity contribution is 6.30. The van der Waals surface area contributed by atoms with Gasteiger partial charge in [0.2, 0.25) is 0 Å². The molecule has 0 aliphatic carbocycles. The Labute approximate surface area is 123 Å². The Kier molecular flexibility index (Phi) is 4.55. The molecule has 1 aromatic heterocycles. The summed E-state index contributed by atoms with van der Waals surface area (Å²) in [6.45, 7) is 4.94. The highest BCUT2D eigenvalue weighted by Crippen LogP contribution is 2.18. The van der Waals surface area contributed by atoms with Crippen molar-refractivity contribution < 1.29 is 0 Å². The molecule has 1 heterocycles. The molecule has 5 heteroatoms. The summed E-state index contributed by atoms with van der Waals surface area (Å²) < 4.78 is 3.64.